The average Bonchev–Trinajstić information content (AvgIpc) is 2.17. The number of carbonyl (C=O) groups is 1. The molecule has 0 fully saturated rings. The van der Waals surface area contributed by atoms with Crippen LogP contribution in [0.25, 0.3) is 0 Å². The third-order valence-electron chi connectivity index (χ3n) is 1.88. The Morgan fingerprint density at radius 2 is 1.67 bits per heavy atom. The molecule has 0 aliphatic carbocycles. The first-order chi connectivity index (χ1) is 6.95. The van der Waals surface area contributed by atoms with Gasteiger partial charge in [-0.3, -0.25) is 4.79 Å². The van der Waals surface area contributed by atoms with Crippen LogP contribution >= 0.6 is 0 Å². The van der Waals surface area contributed by atoms with Gasteiger partial charge in [0.1, 0.15) is 0 Å². The number of para-hydroxylation sites is 2. The lowest BCUT2D eigenvalue weighted by molar-refractivity contribution is -0.143. The summed E-state index contributed by atoms with van der Waals surface area (Å²) in [4.78, 5) is 11.6. The van der Waals surface area contributed by atoms with Crippen LogP contribution in [-0.4, -0.2) is 13.1 Å². The van der Waals surface area contributed by atoms with Crippen molar-refractivity contribution in [1.29, 1.82) is 0 Å². The van der Waals surface area contributed by atoms with Crippen LogP contribution in [0.2, 0.25) is 0 Å². The van der Waals surface area contributed by atoms with Crippen LogP contribution in [-0.2, 0) is 4.79 Å². The molecular formula is C12H16O3. The van der Waals surface area contributed by atoms with Gasteiger partial charge in [0.15, 0.2) is 11.5 Å². The van der Waals surface area contributed by atoms with E-state index in [1.54, 1.807) is 25.3 Å². The Morgan fingerprint density at radius 1 is 1.13 bits per heavy atom. The fourth-order valence-electron chi connectivity index (χ4n) is 0.956. The molecule has 3 nitrogen and oxygen atoms in total. The van der Waals surface area contributed by atoms with Gasteiger partial charge in [-0.05, 0) is 32.9 Å². The largest absolute Gasteiger partial charge is 0.493 e. The fraction of sp³-hybridized carbons (Fsp3) is 0.417. The van der Waals surface area contributed by atoms with Crippen molar-refractivity contribution in [2.45, 2.75) is 20.8 Å². The molecule has 0 amide bonds. The first kappa shape index (κ1) is 11.6. The third kappa shape index (κ3) is 2.98. The van der Waals surface area contributed by atoms with E-state index in [1.165, 1.54) is 0 Å². The molecule has 0 heterocycles. The van der Waals surface area contributed by atoms with Gasteiger partial charge in [-0.2, -0.15) is 0 Å². The second-order valence-corrected chi connectivity index (χ2v) is 4.29. The highest BCUT2D eigenvalue weighted by molar-refractivity contribution is 5.78. The molecule has 0 unspecified atom stereocenters. The summed E-state index contributed by atoms with van der Waals surface area (Å²) in [6.45, 7) is 5.43. The van der Waals surface area contributed by atoms with Crippen molar-refractivity contribution in [3.63, 3.8) is 0 Å². The first-order valence-electron chi connectivity index (χ1n) is 4.80. The quantitative estimate of drug-likeness (QED) is 0.553. The highest BCUT2D eigenvalue weighted by atomic mass is 16.6. The molecule has 1 rings (SSSR count). The van der Waals surface area contributed by atoms with Gasteiger partial charge >= 0.3 is 5.97 Å². The summed E-state index contributed by atoms with van der Waals surface area (Å²) in [5.74, 6) is 0.752. The van der Waals surface area contributed by atoms with Gasteiger partial charge in [-0.25, -0.2) is 0 Å². The van der Waals surface area contributed by atoms with Gasteiger partial charge in [0, 0.05) is 0 Å². The molecule has 1 aromatic carbocycles. The molecule has 0 radical (unpaired) electrons. The maximum absolute atomic E-state index is 11.6. The summed E-state index contributed by atoms with van der Waals surface area (Å²) in [5, 5.41) is 0. The standard InChI is InChI=1S/C12H16O3/c1-12(2,3)11(13)15-10-8-6-5-7-9(10)14-4/h5-8H,1-4H3. The highest BCUT2D eigenvalue weighted by Crippen LogP contribution is 2.28. The van der Waals surface area contributed by atoms with Crippen molar-refractivity contribution in [3.8, 4) is 11.5 Å². The van der Waals surface area contributed by atoms with Crippen LogP contribution in [0.1, 0.15) is 20.8 Å². The number of hydrogen-bond donors (Lipinski definition) is 0. The highest BCUT2D eigenvalue weighted by Gasteiger charge is 2.24. The molecule has 0 atom stereocenters. The zero-order chi connectivity index (χ0) is 11.5. The Kier molecular flexibility index (Phi) is 3.35. The molecule has 0 aliphatic rings. The molecule has 0 bridgehead atoms. The minimum absolute atomic E-state index is 0.271. The predicted octanol–water partition coefficient (Wildman–Crippen LogP) is 2.65. The fourth-order valence-corrected chi connectivity index (χ4v) is 0.956. The van der Waals surface area contributed by atoms with Crippen molar-refractivity contribution >= 4 is 5.97 Å². The maximum atomic E-state index is 11.6. The number of carbonyl (C=O) groups excluding carboxylic acids is 1. The lowest BCUT2D eigenvalue weighted by Gasteiger charge is -2.17. The van der Waals surface area contributed by atoms with Crippen molar-refractivity contribution in [2.24, 2.45) is 5.41 Å². The number of methoxy groups -OCH3 is 1. The smallest absolute Gasteiger partial charge is 0.316 e. The molecule has 0 saturated heterocycles. The average molecular weight is 208 g/mol. The van der Waals surface area contributed by atoms with E-state index < -0.39 is 5.41 Å². The molecule has 0 saturated carbocycles. The zero-order valence-corrected chi connectivity index (χ0v) is 9.53. The summed E-state index contributed by atoms with van der Waals surface area (Å²) in [6.07, 6.45) is 0. The number of rotatable bonds is 2. The number of esters is 1. The van der Waals surface area contributed by atoms with Crippen molar-refractivity contribution in [1.82, 2.24) is 0 Å². The molecule has 1 aromatic rings. The van der Waals surface area contributed by atoms with Gasteiger partial charge in [-0.15, -0.1) is 0 Å². The monoisotopic (exact) mass is 208 g/mol. The lowest BCUT2D eigenvalue weighted by atomic mass is 9.97. The van der Waals surface area contributed by atoms with Crippen molar-refractivity contribution in [3.05, 3.63) is 24.3 Å². The number of hydrogen-bond acceptors (Lipinski definition) is 3. The summed E-state index contributed by atoms with van der Waals surface area (Å²) in [5.41, 5.74) is -0.513. The van der Waals surface area contributed by atoms with Crippen molar-refractivity contribution < 1.29 is 14.3 Å². The molecule has 0 N–H and O–H groups in total. The summed E-state index contributed by atoms with van der Waals surface area (Å²) in [7, 11) is 1.55. The van der Waals surface area contributed by atoms with E-state index >= 15 is 0 Å². The van der Waals surface area contributed by atoms with Crippen LogP contribution < -0.4 is 9.47 Å². The van der Waals surface area contributed by atoms with Crippen LogP contribution in [0.4, 0.5) is 0 Å². The topological polar surface area (TPSA) is 35.5 Å². The minimum Gasteiger partial charge on any atom is -0.493 e. The van der Waals surface area contributed by atoms with Gasteiger partial charge in [0.05, 0.1) is 12.5 Å². The molecule has 15 heavy (non-hydrogen) atoms. The van der Waals surface area contributed by atoms with E-state index in [9.17, 15) is 4.79 Å². The SMILES string of the molecule is COc1ccccc1OC(=O)C(C)(C)C. The molecule has 0 aliphatic heterocycles. The summed E-state index contributed by atoms with van der Waals surface area (Å²) < 4.78 is 10.3. The molecular weight excluding hydrogens is 192 g/mol. The Balaban J connectivity index is 2.85. The van der Waals surface area contributed by atoms with E-state index in [0.29, 0.717) is 11.5 Å². The second kappa shape index (κ2) is 4.34. The number of benzene rings is 1. The van der Waals surface area contributed by atoms with E-state index in [4.69, 9.17) is 9.47 Å². The molecule has 0 spiro atoms. The predicted molar refractivity (Wildman–Crippen MR) is 58.1 cm³/mol. The van der Waals surface area contributed by atoms with Gasteiger partial charge < -0.3 is 9.47 Å². The molecule has 82 valence electrons. The maximum Gasteiger partial charge on any atom is 0.316 e. The second-order valence-electron chi connectivity index (χ2n) is 4.29. The third-order valence-corrected chi connectivity index (χ3v) is 1.88. The Bertz CT molecular complexity index is 350. The van der Waals surface area contributed by atoms with Gasteiger partial charge in [0.25, 0.3) is 0 Å². The molecule has 3 heteroatoms. The summed E-state index contributed by atoms with van der Waals surface area (Å²) in [6, 6.07) is 7.09. The molecule has 0 aromatic heterocycles. The first-order valence-corrected chi connectivity index (χ1v) is 4.80. The van der Waals surface area contributed by atoms with Crippen LogP contribution in [0.15, 0.2) is 24.3 Å². The van der Waals surface area contributed by atoms with E-state index in [-0.39, 0.29) is 5.97 Å². The van der Waals surface area contributed by atoms with Gasteiger partial charge in [-0.1, -0.05) is 12.1 Å². The van der Waals surface area contributed by atoms with E-state index in [2.05, 4.69) is 0 Å². The lowest BCUT2D eigenvalue weighted by Crippen LogP contribution is -2.25. The van der Waals surface area contributed by atoms with Gasteiger partial charge in [0.2, 0.25) is 0 Å². The minimum atomic E-state index is -0.513. The normalized spacial score (nSPS) is 10.9. The van der Waals surface area contributed by atoms with E-state index in [1.807, 2.05) is 26.8 Å². The Labute approximate surface area is 90.0 Å². The van der Waals surface area contributed by atoms with Crippen LogP contribution in [0.5, 0.6) is 11.5 Å². The van der Waals surface area contributed by atoms with Crippen LogP contribution in [0.3, 0.4) is 0 Å². The Hall–Kier alpha value is -1.51. The van der Waals surface area contributed by atoms with Crippen LogP contribution in [0, 0.1) is 5.41 Å². The summed E-state index contributed by atoms with van der Waals surface area (Å²) >= 11 is 0. The van der Waals surface area contributed by atoms with Crippen molar-refractivity contribution in [2.75, 3.05) is 7.11 Å². The Morgan fingerprint density at radius 3 is 2.13 bits per heavy atom. The van der Waals surface area contributed by atoms with E-state index in [0.717, 1.165) is 0 Å². The number of ether oxygens (including phenoxy) is 2. The zero-order valence-electron chi connectivity index (χ0n) is 9.53.